The maximum absolute atomic E-state index is 12.7. The number of imidazole rings is 1. The molecular formula is C17H16N6O3S. The van der Waals surface area contributed by atoms with Gasteiger partial charge >= 0.3 is 5.69 Å². The number of aromatic nitrogens is 5. The second kappa shape index (κ2) is 6.16. The zero-order chi connectivity index (χ0) is 19.3. The fourth-order valence-corrected chi connectivity index (χ4v) is 4.04. The summed E-state index contributed by atoms with van der Waals surface area (Å²) in [5.41, 5.74) is 0.340. The number of nitrogens with zero attached hydrogens (tertiary/aromatic N) is 6. The van der Waals surface area contributed by atoms with Crippen LogP contribution < -0.4 is 16.1 Å². The summed E-state index contributed by atoms with van der Waals surface area (Å²) >= 11 is 1.37. The second-order valence-corrected chi connectivity index (χ2v) is 7.19. The predicted octanol–water partition coefficient (Wildman–Crippen LogP) is 0.114. The van der Waals surface area contributed by atoms with E-state index < -0.39 is 23.7 Å². The van der Waals surface area contributed by atoms with Crippen LogP contribution in [0, 0.1) is 0 Å². The van der Waals surface area contributed by atoms with Crippen LogP contribution in [0.2, 0.25) is 0 Å². The van der Waals surface area contributed by atoms with E-state index in [-0.39, 0.29) is 11.2 Å². The van der Waals surface area contributed by atoms with E-state index in [4.69, 9.17) is 0 Å². The number of aryl methyl sites for hydroxylation is 3. The summed E-state index contributed by atoms with van der Waals surface area (Å²) in [6.07, 6.45) is 1.46. The van der Waals surface area contributed by atoms with Crippen molar-refractivity contribution in [2.45, 2.75) is 6.54 Å². The van der Waals surface area contributed by atoms with Crippen molar-refractivity contribution in [1.29, 1.82) is 0 Å². The second-order valence-electron chi connectivity index (χ2n) is 6.18. The van der Waals surface area contributed by atoms with E-state index in [9.17, 15) is 14.4 Å². The summed E-state index contributed by atoms with van der Waals surface area (Å²) in [5, 5.41) is 0. The maximum atomic E-state index is 12.7. The van der Waals surface area contributed by atoms with Gasteiger partial charge in [0.2, 0.25) is 0 Å². The summed E-state index contributed by atoms with van der Waals surface area (Å²) in [7, 11) is 4.99. The third-order valence-corrected chi connectivity index (χ3v) is 5.54. The Morgan fingerprint density at radius 3 is 2.63 bits per heavy atom. The SMILES string of the molecule is Cn1cnc2c1c(=O)n(CC(=O)N=c1sc3ccccc3n1C)c(=O)n2C. The van der Waals surface area contributed by atoms with E-state index in [0.717, 1.165) is 14.8 Å². The number of carbonyl (C=O) groups excluding carboxylic acids is 1. The summed E-state index contributed by atoms with van der Waals surface area (Å²) in [4.78, 5) is 46.3. The molecule has 9 nitrogen and oxygen atoms in total. The number of benzene rings is 1. The van der Waals surface area contributed by atoms with Crippen molar-refractivity contribution < 1.29 is 4.79 Å². The van der Waals surface area contributed by atoms with Gasteiger partial charge in [0.1, 0.15) is 6.54 Å². The van der Waals surface area contributed by atoms with Crippen LogP contribution in [0.1, 0.15) is 0 Å². The van der Waals surface area contributed by atoms with Crippen LogP contribution in [-0.2, 0) is 32.5 Å². The normalized spacial score (nSPS) is 12.3. The molecule has 0 saturated heterocycles. The third-order valence-electron chi connectivity index (χ3n) is 4.43. The van der Waals surface area contributed by atoms with Crippen molar-refractivity contribution in [3.8, 4) is 0 Å². The van der Waals surface area contributed by atoms with Gasteiger partial charge in [-0.2, -0.15) is 4.99 Å². The van der Waals surface area contributed by atoms with Gasteiger partial charge in [0.05, 0.1) is 16.5 Å². The third kappa shape index (κ3) is 2.65. The summed E-state index contributed by atoms with van der Waals surface area (Å²) in [6, 6.07) is 7.70. The summed E-state index contributed by atoms with van der Waals surface area (Å²) in [5.74, 6) is -0.571. The van der Waals surface area contributed by atoms with Gasteiger partial charge in [-0.3, -0.25) is 14.2 Å². The molecule has 0 N–H and O–H groups in total. The lowest BCUT2D eigenvalue weighted by Crippen LogP contribution is -2.41. The molecule has 0 aliphatic rings. The summed E-state index contributed by atoms with van der Waals surface area (Å²) in [6.45, 7) is -0.430. The molecule has 1 aromatic carbocycles. The fraction of sp³-hybridized carbons (Fsp3) is 0.235. The Morgan fingerprint density at radius 2 is 1.89 bits per heavy atom. The van der Waals surface area contributed by atoms with Crippen LogP contribution in [-0.4, -0.2) is 29.2 Å². The molecule has 4 rings (SSSR count). The van der Waals surface area contributed by atoms with Gasteiger partial charge in [0, 0.05) is 21.1 Å². The molecule has 0 aliphatic heterocycles. The first-order chi connectivity index (χ1) is 12.9. The van der Waals surface area contributed by atoms with Crippen LogP contribution >= 0.6 is 11.3 Å². The quantitative estimate of drug-likeness (QED) is 0.490. The topological polar surface area (TPSA) is 96.2 Å². The zero-order valence-electron chi connectivity index (χ0n) is 14.9. The molecule has 0 radical (unpaired) electrons. The Labute approximate surface area is 156 Å². The van der Waals surface area contributed by atoms with Gasteiger partial charge < -0.3 is 9.13 Å². The lowest BCUT2D eigenvalue weighted by molar-refractivity contribution is -0.118. The van der Waals surface area contributed by atoms with Crippen LogP contribution in [0.25, 0.3) is 21.4 Å². The van der Waals surface area contributed by atoms with E-state index in [1.165, 1.54) is 33.8 Å². The van der Waals surface area contributed by atoms with Gasteiger partial charge in [-0.15, -0.1) is 0 Å². The number of amides is 1. The number of thiazole rings is 1. The van der Waals surface area contributed by atoms with Gasteiger partial charge in [0.15, 0.2) is 16.0 Å². The smallest absolute Gasteiger partial charge is 0.328 e. The average Bonchev–Trinajstić information content (AvgIpc) is 3.18. The lowest BCUT2D eigenvalue weighted by atomic mass is 10.3. The van der Waals surface area contributed by atoms with Crippen molar-refractivity contribution in [2.75, 3.05) is 0 Å². The Balaban J connectivity index is 1.81. The predicted molar refractivity (Wildman–Crippen MR) is 102 cm³/mol. The highest BCUT2D eigenvalue weighted by atomic mass is 32.1. The van der Waals surface area contributed by atoms with Gasteiger partial charge in [-0.25, -0.2) is 14.3 Å². The van der Waals surface area contributed by atoms with Crippen molar-refractivity contribution in [1.82, 2.24) is 23.3 Å². The molecule has 3 aromatic heterocycles. The molecule has 0 unspecified atom stereocenters. The first-order valence-corrected chi connectivity index (χ1v) is 8.93. The molecular weight excluding hydrogens is 368 g/mol. The molecule has 4 aromatic rings. The highest BCUT2D eigenvalue weighted by Crippen LogP contribution is 2.15. The van der Waals surface area contributed by atoms with Crippen LogP contribution in [0.3, 0.4) is 0 Å². The van der Waals surface area contributed by atoms with Gasteiger partial charge in [0.25, 0.3) is 11.5 Å². The molecule has 0 spiro atoms. The first kappa shape index (κ1) is 17.2. The fourth-order valence-electron chi connectivity index (χ4n) is 3.00. The minimum atomic E-state index is -0.601. The molecule has 3 heterocycles. The maximum Gasteiger partial charge on any atom is 0.332 e. The number of rotatable bonds is 2. The molecule has 0 bridgehead atoms. The van der Waals surface area contributed by atoms with Crippen LogP contribution in [0.4, 0.5) is 0 Å². The largest absolute Gasteiger partial charge is 0.332 e. The molecule has 138 valence electrons. The van der Waals surface area contributed by atoms with Crippen molar-refractivity contribution >= 4 is 38.6 Å². The minimum absolute atomic E-state index is 0.261. The molecule has 27 heavy (non-hydrogen) atoms. The standard InChI is InChI=1S/C17H16N6O3S/c1-20-9-18-14-13(20)15(25)23(17(26)22(14)3)8-12(24)19-16-21(2)10-6-4-5-7-11(10)27-16/h4-7,9H,8H2,1-3H3. The van der Waals surface area contributed by atoms with E-state index in [2.05, 4.69) is 9.98 Å². The Bertz CT molecular complexity index is 1400. The molecule has 0 atom stereocenters. The molecule has 1 amide bonds. The van der Waals surface area contributed by atoms with E-state index in [1.54, 1.807) is 7.05 Å². The lowest BCUT2D eigenvalue weighted by Gasteiger charge is -2.06. The van der Waals surface area contributed by atoms with E-state index in [1.807, 2.05) is 35.9 Å². The van der Waals surface area contributed by atoms with Crippen molar-refractivity contribution in [3.63, 3.8) is 0 Å². The van der Waals surface area contributed by atoms with Crippen LogP contribution in [0.15, 0.2) is 45.2 Å². The highest BCUT2D eigenvalue weighted by molar-refractivity contribution is 7.16. The Kier molecular flexibility index (Phi) is 3.92. The summed E-state index contributed by atoms with van der Waals surface area (Å²) < 4.78 is 6.48. The number of carbonyl (C=O) groups is 1. The number of para-hydroxylation sites is 1. The number of hydrogen-bond acceptors (Lipinski definition) is 5. The Hall–Kier alpha value is -3.27. The number of fused-ring (bicyclic) bond motifs is 2. The van der Waals surface area contributed by atoms with Crippen LogP contribution in [0.5, 0.6) is 0 Å². The molecule has 0 fully saturated rings. The number of hydrogen-bond donors (Lipinski definition) is 0. The van der Waals surface area contributed by atoms with Gasteiger partial charge in [-0.1, -0.05) is 23.5 Å². The van der Waals surface area contributed by atoms with E-state index in [0.29, 0.717) is 4.80 Å². The minimum Gasteiger partial charge on any atom is -0.328 e. The molecule has 0 saturated carbocycles. The average molecular weight is 384 g/mol. The van der Waals surface area contributed by atoms with Gasteiger partial charge in [-0.05, 0) is 12.1 Å². The molecule has 10 heteroatoms. The monoisotopic (exact) mass is 384 g/mol. The first-order valence-electron chi connectivity index (χ1n) is 8.11. The zero-order valence-corrected chi connectivity index (χ0v) is 15.7. The van der Waals surface area contributed by atoms with Crippen molar-refractivity contribution in [3.05, 3.63) is 56.2 Å². The highest BCUT2D eigenvalue weighted by Gasteiger charge is 2.17. The van der Waals surface area contributed by atoms with E-state index >= 15 is 0 Å². The van der Waals surface area contributed by atoms with Crippen molar-refractivity contribution in [2.24, 2.45) is 26.1 Å². The molecule has 0 aliphatic carbocycles. The Morgan fingerprint density at radius 1 is 1.15 bits per heavy atom.